The molecule has 1 unspecified atom stereocenters. The summed E-state index contributed by atoms with van der Waals surface area (Å²) in [5, 5.41) is 9.23. The maximum atomic E-state index is 11.2. The molecule has 0 aromatic carbocycles. The van der Waals surface area contributed by atoms with Gasteiger partial charge in [0.25, 0.3) is 0 Å². The molecular weight excluding hydrogens is 204 g/mol. The van der Waals surface area contributed by atoms with Crippen molar-refractivity contribution < 1.29 is 9.90 Å². The second-order valence-electron chi connectivity index (χ2n) is 4.22. The highest BCUT2D eigenvalue weighted by Gasteiger charge is 2.27. The molecule has 2 rings (SSSR count). The van der Waals surface area contributed by atoms with Gasteiger partial charge in [-0.2, -0.15) is 0 Å². The van der Waals surface area contributed by atoms with Crippen LogP contribution in [0.25, 0.3) is 0 Å². The predicted molar refractivity (Wildman–Crippen MR) is 59.3 cm³/mol. The zero-order valence-corrected chi connectivity index (χ0v) is 9.44. The zero-order chi connectivity index (χ0) is 11.5. The third kappa shape index (κ3) is 1.92. The minimum absolute atomic E-state index is 0.458. The molecule has 4 nitrogen and oxygen atoms in total. The Balaban J connectivity index is 2.38. The van der Waals surface area contributed by atoms with Crippen molar-refractivity contribution in [1.29, 1.82) is 0 Å². The molecule has 0 radical (unpaired) electrons. The molecule has 1 aliphatic carbocycles. The highest BCUT2D eigenvalue weighted by molar-refractivity contribution is 5.76. The molecule has 0 saturated carbocycles. The van der Waals surface area contributed by atoms with Crippen LogP contribution in [0.1, 0.15) is 49.1 Å². The molecule has 0 bridgehead atoms. The van der Waals surface area contributed by atoms with Crippen LogP contribution in [0.15, 0.2) is 6.33 Å². The minimum Gasteiger partial charge on any atom is -0.481 e. The summed E-state index contributed by atoms with van der Waals surface area (Å²) in [6.45, 7) is 2.00. The lowest BCUT2D eigenvalue weighted by molar-refractivity contribution is -0.139. The average Bonchev–Trinajstić information content (AvgIpc) is 2.73. The van der Waals surface area contributed by atoms with Crippen molar-refractivity contribution in [1.82, 2.24) is 9.97 Å². The molecule has 0 fully saturated rings. The van der Waals surface area contributed by atoms with Crippen molar-refractivity contribution >= 4 is 5.97 Å². The Morgan fingerprint density at radius 3 is 3.00 bits per heavy atom. The summed E-state index contributed by atoms with van der Waals surface area (Å²) in [6, 6.07) is 0. The highest BCUT2D eigenvalue weighted by atomic mass is 16.4. The van der Waals surface area contributed by atoms with Crippen molar-refractivity contribution in [3.8, 4) is 0 Å². The first-order valence-electron chi connectivity index (χ1n) is 5.79. The van der Waals surface area contributed by atoms with E-state index in [9.17, 15) is 9.90 Å². The first-order chi connectivity index (χ1) is 7.74. The molecule has 0 spiro atoms. The number of hydrogen-bond acceptors (Lipinski definition) is 3. The molecule has 0 amide bonds. The molecule has 1 aromatic heterocycles. The molecule has 1 N–H and O–H groups in total. The Morgan fingerprint density at radius 1 is 1.50 bits per heavy atom. The number of hydrogen-bond donors (Lipinski definition) is 1. The Hall–Kier alpha value is -1.45. The largest absolute Gasteiger partial charge is 0.481 e. The van der Waals surface area contributed by atoms with Crippen molar-refractivity contribution in [2.75, 3.05) is 0 Å². The number of fused-ring (bicyclic) bond motifs is 1. The van der Waals surface area contributed by atoms with Crippen molar-refractivity contribution in [2.24, 2.45) is 0 Å². The molecular formula is C12H16N2O2. The molecule has 1 aliphatic rings. The molecule has 0 saturated heterocycles. The van der Waals surface area contributed by atoms with Gasteiger partial charge >= 0.3 is 5.97 Å². The van der Waals surface area contributed by atoms with Gasteiger partial charge in [-0.3, -0.25) is 4.79 Å². The lowest BCUT2D eigenvalue weighted by atomic mass is 9.95. The maximum Gasteiger partial charge on any atom is 0.312 e. The van der Waals surface area contributed by atoms with Crippen LogP contribution < -0.4 is 0 Å². The number of nitrogens with zero attached hydrogens (tertiary/aromatic N) is 2. The van der Waals surface area contributed by atoms with E-state index < -0.39 is 11.9 Å². The minimum atomic E-state index is -0.769. The molecule has 0 aliphatic heterocycles. The Morgan fingerprint density at radius 2 is 2.31 bits per heavy atom. The number of aromatic nitrogens is 2. The summed E-state index contributed by atoms with van der Waals surface area (Å²) >= 11 is 0. The monoisotopic (exact) mass is 220 g/mol. The van der Waals surface area contributed by atoms with E-state index in [1.807, 2.05) is 6.92 Å². The Labute approximate surface area is 94.7 Å². The van der Waals surface area contributed by atoms with Crippen LogP contribution in [0.5, 0.6) is 0 Å². The zero-order valence-electron chi connectivity index (χ0n) is 9.44. The van der Waals surface area contributed by atoms with Gasteiger partial charge in [-0.25, -0.2) is 9.97 Å². The number of carbonyl (C=O) groups is 1. The number of carboxylic acids is 1. The van der Waals surface area contributed by atoms with Crippen LogP contribution in [0.4, 0.5) is 0 Å². The van der Waals surface area contributed by atoms with E-state index in [0.29, 0.717) is 6.42 Å². The molecule has 16 heavy (non-hydrogen) atoms. The van der Waals surface area contributed by atoms with Gasteiger partial charge in [0.05, 0.1) is 11.6 Å². The van der Waals surface area contributed by atoms with E-state index in [2.05, 4.69) is 9.97 Å². The van der Waals surface area contributed by atoms with E-state index in [1.165, 1.54) is 6.33 Å². The normalized spacial score (nSPS) is 15.8. The maximum absolute atomic E-state index is 11.2. The van der Waals surface area contributed by atoms with E-state index in [4.69, 9.17) is 0 Å². The first kappa shape index (κ1) is 11.0. The van der Waals surface area contributed by atoms with Crippen molar-refractivity contribution in [3.05, 3.63) is 23.3 Å². The van der Waals surface area contributed by atoms with Crippen molar-refractivity contribution in [3.63, 3.8) is 0 Å². The van der Waals surface area contributed by atoms with Gasteiger partial charge in [-0.1, -0.05) is 13.3 Å². The summed E-state index contributed by atoms with van der Waals surface area (Å²) < 4.78 is 0. The van der Waals surface area contributed by atoms with E-state index in [1.54, 1.807) is 0 Å². The van der Waals surface area contributed by atoms with E-state index in [-0.39, 0.29) is 0 Å². The molecule has 1 heterocycles. The Bertz CT molecular complexity index is 404. The standard InChI is InChI=1S/C12H16N2O2/c1-2-4-9(12(15)16)11-8-5-3-6-10(8)13-7-14-11/h7,9H,2-6H2,1H3,(H,15,16). The van der Waals surface area contributed by atoms with Gasteiger partial charge in [0, 0.05) is 5.69 Å². The van der Waals surface area contributed by atoms with Gasteiger partial charge in [-0.15, -0.1) is 0 Å². The van der Waals surface area contributed by atoms with Gasteiger partial charge in [0.15, 0.2) is 0 Å². The van der Waals surface area contributed by atoms with Gasteiger partial charge in [0.1, 0.15) is 6.33 Å². The lowest BCUT2D eigenvalue weighted by Crippen LogP contribution is -2.15. The Kier molecular flexibility index (Phi) is 3.17. The van der Waals surface area contributed by atoms with Gasteiger partial charge in [-0.05, 0) is 31.2 Å². The summed E-state index contributed by atoms with van der Waals surface area (Å²) in [4.78, 5) is 19.6. The van der Waals surface area contributed by atoms with E-state index in [0.717, 1.165) is 42.6 Å². The summed E-state index contributed by atoms with van der Waals surface area (Å²) in [5.41, 5.74) is 2.88. The quantitative estimate of drug-likeness (QED) is 0.842. The molecule has 1 atom stereocenters. The number of rotatable bonds is 4. The van der Waals surface area contributed by atoms with Gasteiger partial charge in [0.2, 0.25) is 0 Å². The average molecular weight is 220 g/mol. The fourth-order valence-corrected chi connectivity index (χ4v) is 2.35. The SMILES string of the molecule is CCCC(C(=O)O)c1ncnc2c1CCC2. The fraction of sp³-hybridized carbons (Fsp3) is 0.583. The second-order valence-corrected chi connectivity index (χ2v) is 4.22. The summed E-state index contributed by atoms with van der Waals surface area (Å²) in [5.74, 6) is -1.23. The van der Waals surface area contributed by atoms with Crippen LogP contribution >= 0.6 is 0 Å². The predicted octanol–water partition coefficient (Wildman–Crippen LogP) is 1.93. The topological polar surface area (TPSA) is 63.1 Å². The second kappa shape index (κ2) is 4.60. The lowest BCUT2D eigenvalue weighted by Gasteiger charge is -2.13. The van der Waals surface area contributed by atoms with Crippen LogP contribution in [-0.4, -0.2) is 21.0 Å². The van der Waals surface area contributed by atoms with Crippen LogP contribution in [0, 0.1) is 0 Å². The van der Waals surface area contributed by atoms with E-state index >= 15 is 0 Å². The number of carboxylic acid groups (broad SMARTS) is 1. The molecule has 86 valence electrons. The van der Waals surface area contributed by atoms with Gasteiger partial charge < -0.3 is 5.11 Å². The van der Waals surface area contributed by atoms with Crippen LogP contribution in [0.3, 0.4) is 0 Å². The van der Waals surface area contributed by atoms with Crippen LogP contribution in [-0.2, 0) is 17.6 Å². The number of aryl methyl sites for hydroxylation is 1. The molecule has 4 heteroatoms. The third-order valence-corrected chi connectivity index (χ3v) is 3.11. The molecule has 1 aromatic rings. The first-order valence-corrected chi connectivity index (χ1v) is 5.79. The summed E-state index contributed by atoms with van der Waals surface area (Å²) in [6.07, 6.45) is 5.97. The highest BCUT2D eigenvalue weighted by Crippen LogP contribution is 2.29. The summed E-state index contributed by atoms with van der Waals surface area (Å²) in [7, 11) is 0. The van der Waals surface area contributed by atoms with Crippen molar-refractivity contribution in [2.45, 2.75) is 44.9 Å². The third-order valence-electron chi connectivity index (χ3n) is 3.11. The smallest absolute Gasteiger partial charge is 0.312 e. The number of aliphatic carboxylic acids is 1. The van der Waals surface area contributed by atoms with Crippen LogP contribution in [0.2, 0.25) is 0 Å². The fourth-order valence-electron chi connectivity index (χ4n) is 2.35.